The second-order valence-corrected chi connectivity index (χ2v) is 6.00. The maximum Gasteiger partial charge on any atom is 0.573 e. The first-order chi connectivity index (χ1) is 11.7. The average molecular weight is 376 g/mol. The Morgan fingerprint density at radius 3 is 2.72 bits per heavy atom. The van der Waals surface area contributed by atoms with Gasteiger partial charge in [-0.05, 0) is 26.1 Å². The van der Waals surface area contributed by atoms with E-state index in [0.29, 0.717) is 10.2 Å². The lowest BCUT2D eigenvalue weighted by molar-refractivity contribution is -0.274. The molecular weight excluding hydrogens is 361 g/mol. The van der Waals surface area contributed by atoms with E-state index in [1.54, 1.807) is 14.0 Å². The molecule has 0 aliphatic heterocycles. The summed E-state index contributed by atoms with van der Waals surface area (Å²) in [5, 5.41) is 7.86. The number of hydrogen-bond donors (Lipinski definition) is 3. The molecule has 136 valence electrons. The molecule has 7 nitrogen and oxygen atoms in total. The number of amides is 2. The lowest BCUT2D eigenvalue weighted by atomic mass is 10.3. The van der Waals surface area contributed by atoms with Crippen molar-refractivity contribution < 1.29 is 27.5 Å². The quantitative estimate of drug-likeness (QED) is 0.716. The van der Waals surface area contributed by atoms with Crippen molar-refractivity contribution in [3.63, 3.8) is 0 Å². The Morgan fingerprint density at radius 2 is 2.08 bits per heavy atom. The Labute approximate surface area is 144 Å². The number of thiazole rings is 1. The number of alkyl halides is 3. The van der Waals surface area contributed by atoms with E-state index in [9.17, 15) is 22.8 Å². The number of nitrogens with zero attached hydrogens (tertiary/aromatic N) is 1. The van der Waals surface area contributed by atoms with Crippen LogP contribution < -0.4 is 20.7 Å². The van der Waals surface area contributed by atoms with Crippen LogP contribution in [0.5, 0.6) is 5.75 Å². The molecule has 0 saturated heterocycles. The van der Waals surface area contributed by atoms with Crippen LogP contribution in [0.4, 0.5) is 18.3 Å². The third kappa shape index (κ3) is 5.57. The Bertz CT molecular complexity index is 778. The van der Waals surface area contributed by atoms with Crippen molar-refractivity contribution in [1.82, 2.24) is 15.6 Å². The second kappa shape index (κ2) is 7.66. The molecule has 0 radical (unpaired) electrons. The standard InChI is InChI=1S/C14H15F3N4O3S/c1-7(18-2)12(23)19-6-11(22)21-13-20-9-4-3-8(5-10(9)25-13)24-14(15,16)17/h3-5,7,18H,6H2,1-2H3,(H,19,23)(H,20,21,22)/t7-/m1/s1. The number of carbonyl (C=O) groups is 2. The number of anilines is 1. The highest BCUT2D eigenvalue weighted by atomic mass is 32.1. The van der Waals surface area contributed by atoms with Crippen LogP contribution >= 0.6 is 11.3 Å². The Hall–Kier alpha value is -2.40. The van der Waals surface area contributed by atoms with Crippen LogP contribution in [0, 0.1) is 0 Å². The van der Waals surface area contributed by atoms with Gasteiger partial charge in [0.25, 0.3) is 0 Å². The molecule has 2 amide bonds. The van der Waals surface area contributed by atoms with Crippen molar-refractivity contribution in [2.45, 2.75) is 19.3 Å². The summed E-state index contributed by atoms with van der Waals surface area (Å²) in [7, 11) is 1.61. The molecule has 1 atom stereocenters. The maximum atomic E-state index is 12.2. The SMILES string of the molecule is CN[C@H](C)C(=O)NCC(=O)Nc1nc2ccc(OC(F)(F)F)cc2s1. The summed E-state index contributed by atoms with van der Waals surface area (Å²) < 4.78 is 40.9. The van der Waals surface area contributed by atoms with Crippen LogP contribution in [0.2, 0.25) is 0 Å². The largest absolute Gasteiger partial charge is 0.573 e. The molecule has 0 bridgehead atoms. The molecule has 1 aromatic heterocycles. The first-order valence-corrected chi connectivity index (χ1v) is 7.91. The molecule has 2 rings (SSSR count). The first kappa shape index (κ1) is 18.9. The predicted molar refractivity (Wildman–Crippen MR) is 86.5 cm³/mol. The van der Waals surface area contributed by atoms with E-state index in [4.69, 9.17) is 0 Å². The van der Waals surface area contributed by atoms with Gasteiger partial charge in [-0.2, -0.15) is 0 Å². The molecule has 1 heterocycles. The van der Waals surface area contributed by atoms with E-state index in [-0.39, 0.29) is 23.3 Å². The fourth-order valence-corrected chi connectivity index (χ4v) is 2.68. The van der Waals surface area contributed by atoms with Gasteiger partial charge in [0.2, 0.25) is 11.8 Å². The summed E-state index contributed by atoms with van der Waals surface area (Å²) in [4.78, 5) is 27.5. The van der Waals surface area contributed by atoms with Crippen LogP contribution in [0.3, 0.4) is 0 Å². The fraction of sp³-hybridized carbons (Fsp3) is 0.357. The van der Waals surface area contributed by atoms with E-state index < -0.39 is 18.3 Å². The van der Waals surface area contributed by atoms with Crippen molar-refractivity contribution in [3.05, 3.63) is 18.2 Å². The monoisotopic (exact) mass is 376 g/mol. The minimum atomic E-state index is -4.78. The number of likely N-dealkylation sites (N-methyl/N-ethyl adjacent to an activating group) is 1. The number of ether oxygens (including phenoxy) is 1. The highest BCUT2D eigenvalue weighted by Crippen LogP contribution is 2.31. The molecular formula is C14H15F3N4O3S. The van der Waals surface area contributed by atoms with Crippen LogP contribution in [0.15, 0.2) is 18.2 Å². The number of hydrogen-bond acceptors (Lipinski definition) is 6. The van der Waals surface area contributed by atoms with E-state index in [1.165, 1.54) is 12.1 Å². The van der Waals surface area contributed by atoms with Gasteiger partial charge in [-0.25, -0.2) is 4.98 Å². The first-order valence-electron chi connectivity index (χ1n) is 7.09. The van der Waals surface area contributed by atoms with Gasteiger partial charge in [0, 0.05) is 6.07 Å². The molecule has 25 heavy (non-hydrogen) atoms. The second-order valence-electron chi connectivity index (χ2n) is 4.97. The average Bonchev–Trinajstić information content (AvgIpc) is 2.91. The summed E-state index contributed by atoms with van der Waals surface area (Å²) in [6.07, 6.45) is -4.78. The number of rotatable bonds is 6. The van der Waals surface area contributed by atoms with Gasteiger partial charge in [0.15, 0.2) is 5.13 Å². The molecule has 0 spiro atoms. The summed E-state index contributed by atoms with van der Waals surface area (Å²) >= 11 is 0.995. The zero-order valence-electron chi connectivity index (χ0n) is 13.2. The van der Waals surface area contributed by atoms with Gasteiger partial charge >= 0.3 is 6.36 Å². The third-order valence-corrected chi connectivity index (χ3v) is 4.02. The van der Waals surface area contributed by atoms with Crippen molar-refractivity contribution in [2.24, 2.45) is 0 Å². The Kier molecular flexibility index (Phi) is 5.80. The molecule has 1 aromatic carbocycles. The smallest absolute Gasteiger partial charge is 0.406 e. The van der Waals surface area contributed by atoms with Gasteiger partial charge in [0.05, 0.1) is 22.8 Å². The van der Waals surface area contributed by atoms with Gasteiger partial charge in [-0.1, -0.05) is 11.3 Å². The topological polar surface area (TPSA) is 92.4 Å². The highest BCUT2D eigenvalue weighted by Gasteiger charge is 2.31. The lowest BCUT2D eigenvalue weighted by Gasteiger charge is -2.10. The molecule has 3 N–H and O–H groups in total. The van der Waals surface area contributed by atoms with Gasteiger partial charge < -0.3 is 20.7 Å². The zero-order chi connectivity index (χ0) is 18.6. The van der Waals surface area contributed by atoms with Gasteiger partial charge in [-0.3, -0.25) is 9.59 Å². The third-order valence-electron chi connectivity index (χ3n) is 3.09. The van der Waals surface area contributed by atoms with E-state index in [1.807, 2.05) is 0 Å². The van der Waals surface area contributed by atoms with Crippen LogP contribution in [0.25, 0.3) is 10.2 Å². The zero-order valence-corrected chi connectivity index (χ0v) is 14.0. The molecule has 0 saturated carbocycles. The van der Waals surface area contributed by atoms with Gasteiger partial charge in [-0.15, -0.1) is 13.2 Å². The normalized spacial score (nSPS) is 12.7. The number of nitrogens with one attached hydrogen (secondary N) is 3. The van der Waals surface area contributed by atoms with Crippen LogP contribution in [0.1, 0.15) is 6.92 Å². The van der Waals surface area contributed by atoms with Crippen molar-refractivity contribution in [3.8, 4) is 5.75 Å². The van der Waals surface area contributed by atoms with Crippen molar-refractivity contribution >= 4 is 38.5 Å². The summed E-state index contributed by atoms with van der Waals surface area (Å²) in [5.74, 6) is -1.20. The van der Waals surface area contributed by atoms with E-state index in [2.05, 4.69) is 25.7 Å². The lowest BCUT2D eigenvalue weighted by Crippen LogP contribution is -2.43. The fourth-order valence-electron chi connectivity index (χ4n) is 1.77. The van der Waals surface area contributed by atoms with Gasteiger partial charge in [0.1, 0.15) is 5.75 Å². The predicted octanol–water partition coefficient (Wildman–Crippen LogP) is 1.86. The minimum Gasteiger partial charge on any atom is -0.406 e. The molecule has 11 heteroatoms. The molecule has 0 unspecified atom stereocenters. The Morgan fingerprint density at radius 1 is 1.36 bits per heavy atom. The number of benzene rings is 1. The molecule has 2 aromatic rings. The summed E-state index contributed by atoms with van der Waals surface area (Å²) in [5.41, 5.74) is 0.419. The number of fused-ring (bicyclic) bond motifs is 1. The van der Waals surface area contributed by atoms with Crippen LogP contribution in [-0.4, -0.2) is 42.8 Å². The number of aromatic nitrogens is 1. The molecule has 0 fully saturated rings. The maximum absolute atomic E-state index is 12.2. The molecule has 0 aliphatic rings. The Balaban J connectivity index is 1.99. The van der Waals surface area contributed by atoms with E-state index >= 15 is 0 Å². The minimum absolute atomic E-state index is 0.208. The van der Waals surface area contributed by atoms with E-state index in [0.717, 1.165) is 17.4 Å². The number of halogens is 3. The van der Waals surface area contributed by atoms with Crippen molar-refractivity contribution in [1.29, 1.82) is 0 Å². The highest BCUT2D eigenvalue weighted by molar-refractivity contribution is 7.22. The number of carbonyl (C=O) groups excluding carboxylic acids is 2. The van der Waals surface area contributed by atoms with Crippen LogP contribution in [-0.2, 0) is 9.59 Å². The molecule has 0 aliphatic carbocycles. The summed E-state index contributed by atoms with van der Waals surface area (Å²) in [6.45, 7) is 1.39. The summed E-state index contributed by atoms with van der Waals surface area (Å²) in [6, 6.07) is 3.24. The van der Waals surface area contributed by atoms with Crippen molar-refractivity contribution in [2.75, 3.05) is 18.9 Å².